The Morgan fingerprint density at radius 1 is 1.29 bits per heavy atom. The summed E-state index contributed by atoms with van der Waals surface area (Å²) in [6.45, 7) is 9.72. The van der Waals surface area contributed by atoms with Crippen LogP contribution in [-0.4, -0.2) is 13.2 Å². The van der Waals surface area contributed by atoms with Gasteiger partial charge in [0.15, 0.2) is 0 Å². The van der Waals surface area contributed by atoms with E-state index in [2.05, 4.69) is 51.2 Å². The maximum atomic E-state index is 5.35. The summed E-state index contributed by atoms with van der Waals surface area (Å²) in [5, 5.41) is 3.92. The SMILES string of the molecule is COc1cccc([C@H](C)NC2CC3CCC2(C)C3(C)C)c1. The molecule has 3 rings (SSSR count). The Morgan fingerprint density at radius 3 is 2.62 bits per heavy atom. The summed E-state index contributed by atoms with van der Waals surface area (Å²) in [6.07, 6.45) is 4.11. The third kappa shape index (κ3) is 2.19. The molecule has 2 saturated carbocycles. The molecule has 2 heteroatoms. The van der Waals surface area contributed by atoms with Crippen molar-refractivity contribution in [2.75, 3.05) is 7.11 Å². The van der Waals surface area contributed by atoms with Crippen molar-refractivity contribution in [3.05, 3.63) is 29.8 Å². The minimum absolute atomic E-state index is 0.372. The minimum atomic E-state index is 0.372. The van der Waals surface area contributed by atoms with Crippen molar-refractivity contribution >= 4 is 0 Å². The van der Waals surface area contributed by atoms with Crippen LogP contribution in [0, 0.1) is 16.7 Å². The van der Waals surface area contributed by atoms with Gasteiger partial charge < -0.3 is 10.1 Å². The third-order valence-corrected chi connectivity index (χ3v) is 6.84. The molecule has 1 N–H and O–H groups in total. The Hall–Kier alpha value is -1.02. The Labute approximate surface area is 129 Å². The maximum Gasteiger partial charge on any atom is 0.119 e. The van der Waals surface area contributed by atoms with Gasteiger partial charge in [0.25, 0.3) is 0 Å². The highest BCUT2D eigenvalue weighted by atomic mass is 16.5. The molecule has 4 atom stereocenters. The monoisotopic (exact) mass is 287 g/mol. The average Bonchev–Trinajstić information content (AvgIpc) is 2.80. The van der Waals surface area contributed by atoms with Gasteiger partial charge in [0.1, 0.15) is 5.75 Å². The van der Waals surface area contributed by atoms with Gasteiger partial charge in [-0.15, -0.1) is 0 Å². The summed E-state index contributed by atoms with van der Waals surface area (Å²) in [5.74, 6) is 1.83. The van der Waals surface area contributed by atoms with Crippen LogP contribution in [0.3, 0.4) is 0 Å². The Kier molecular flexibility index (Phi) is 3.56. The van der Waals surface area contributed by atoms with Gasteiger partial charge in [-0.2, -0.15) is 0 Å². The molecule has 0 saturated heterocycles. The second kappa shape index (κ2) is 5.01. The Morgan fingerprint density at radius 2 is 2.05 bits per heavy atom. The number of hydrogen-bond acceptors (Lipinski definition) is 2. The first-order valence-electron chi connectivity index (χ1n) is 8.28. The fourth-order valence-corrected chi connectivity index (χ4v) is 4.76. The number of rotatable bonds is 4. The highest BCUT2D eigenvalue weighted by Crippen LogP contribution is 2.65. The van der Waals surface area contributed by atoms with Crippen LogP contribution in [0.25, 0.3) is 0 Å². The number of ether oxygens (including phenoxy) is 1. The van der Waals surface area contributed by atoms with E-state index in [0.29, 0.717) is 22.9 Å². The van der Waals surface area contributed by atoms with Crippen molar-refractivity contribution in [1.82, 2.24) is 5.32 Å². The van der Waals surface area contributed by atoms with Crippen molar-refractivity contribution in [3.8, 4) is 5.75 Å². The molecule has 3 unspecified atom stereocenters. The quantitative estimate of drug-likeness (QED) is 0.876. The molecule has 0 amide bonds. The van der Waals surface area contributed by atoms with Gasteiger partial charge in [-0.05, 0) is 60.6 Å². The van der Waals surface area contributed by atoms with Crippen molar-refractivity contribution in [1.29, 1.82) is 0 Å². The zero-order valence-corrected chi connectivity index (χ0v) is 14.1. The highest BCUT2D eigenvalue weighted by Gasteiger charge is 2.61. The van der Waals surface area contributed by atoms with E-state index in [1.54, 1.807) is 7.11 Å². The van der Waals surface area contributed by atoms with Crippen LogP contribution < -0.4 is 10.1 Å². The Balaban J connectivity index is 1.75. The summed E-state index contributed by atoms with van der Waals surface area (Å²) < 4.78 is 5.35. The van der Waals surface area contributed by atoms with E-state index in [-0.39, 0.29) is 0 Å². The van der Waals surface area contributed by atoms with Gasteiger partial charge in [0.05, 0.1) is 7.11 Å². The summed E-state index contributed by atoms with van der Waals surface area (Å²) in [5.41, 5.74) is 2.22. The lowest BCUT2D eigenvalue weighted by Gasteiger charge is -2.40. The molecule has 2 fully saturated rings. The molecule has 2 aliphatic rings. The van der Waals surface area contributed by atoms with Gasteiger partial charge >= 0.3 is 0 Å². The van der Waals surface area contributed by atoms with Gasteiger partial charge in [0.2, 0.25) is 0 Å². The van der Waals surface area contributed by atoms with E-state index in [1.807, 2.05) is 6.07 Å². The van der Waals surface area contributed by atoms with Crippen LogP contribution in [0.15, 0.2) is 24.3 Å². The lowest BCUT2D eigenvalue weighted by Crippen LogP contribution is -2.45. The van der Waals surface area contributed by atoms with Crippen LogP contribution in [0.2, 0.25) is 0 Å². The molecule has 0 heterocycles. The lowest BCUT2D eigenvalue weighted by molar-refractivity contribution is 0.116. The molecule has 2 nitrogen and oxygen atoms in total. The van der Waals surface area contributed by atoms with E-state index >= 15 is 0 Å². The number of benzene rings is 1. The van der Waals surface area contributed by atoms with Gasteiger partial charge in [-0.3, -0.25) is 0 Å². The third-order valence-electron chi connectivity index (χ3n) is 6.84. The molecule has 0 aromatic heterocycles. The number of fused-ring (bicyclic) bond motifs is 2. The summed E-state index contributed by atoms with van der Waals surface area (Å²) in [6, 6.07) is 9.44. The van der Waals surface area contributed by atoms with Crippen LogP contribution in [0.5, 0.6) is 5.75 Å². The van der Waals surface area contributed by atoms with Crippen LogP contribution in [0.4, 0.5) is 0 Å². The van der Waals surface area contributed by atoms with Crippen LogP contribution in [0.1, 0.15) is 58.6 Å². The largest absolute Gasteiger partial charge is 0.497 e. The molecule has 0 aliphatic heterocycles. The molecule has 2 bridgehead atoms. The molecule has 1 aromatic rings. The molecule has 1 aromatic carbocycles. The summed E-state index contributed by atoms with van der Waals surface area (Å²) >= 11 is 0. The van der Waals surface area contributed by atoms with Gasteiger partial charge in [0, 0.05) is 12.1 Å². The summed E-state index contributed by atoms with van der Waals surface area (Å²) in [7, 11) is 1.73. The van der Waals surface area contributed by atoms with E-state index < -0.39 is 0 Å². The lowest BCUT2D eigenvalue weighted by atomic mass is 9.69. The first kappa shape index (κ1) is 14.9. The Bertz CT molecular complexity index is 524. The molecule has 0 spiro atoms. The zero-order chi connectivity index (χ0) is 15.3. The van der Waals surface area contributed by atoms with E-state index in [9.17, 15) is 0 Å². The van der Waals surface area contributed by atoms with E-state index in [0.717, 1.165) is 11.7 Å². The highest BCUT2D eigenvalue weighted by molar-refractivity contribution is 5.30. The predicted molar refractivity (Wildman–Crippen MR) is 87.6 cm³/mol. The first-order valence-corrected chi connectivity index (χ1v) is 8.28. The number of hydrogen-bond donors (Lipinski definition) is 1. The first-order chi connectivity index (χ1) is 9.88. The molecular formula is C19H29NO. The summed E-state index contributed by atoms with van der Waals surface area (Å²) in [4.78, 5) is 0. The zero-order valence-electron chi connectivity index (χ0n) is 14.1. The second-order valence-electron chi connectivity index (χ2n) is 7.83. The van der Waals surface area contributed by atoms with Crippen molar-refractivity contribution in [2.24, 2.45) is 16.7 Å². The number of nitrogens with one attached hydrogen (secondary N) is 1. The molecule has 2 aliphatic carbocycles. The van der Waals surface area contributed by atoms with Crippen molar-refractivity contribution in [2.45, 2.75) is 59.0 Å². The average molecular weight is 287 g/mol. The minimum Gasteiger partial charge on any atom is -0.497 e. The van der Waals surface area contributed by atoms with Gasteiger partial charge in [-0.1, -0.05) is 32.9 Å². The number of methoxy groups -OCH3 is 1. The van der Waals surface area contributed by atoms with Crippen molar-refractivity contribution < 1.29 is 4.74 Å². The van der Waals surface area contributed by atoms with Crippen LogP contribution >= 0.6 is 0 Å². The molecule has 116 valence electrons. The molecule has 0 radical (unpaired) electrons. The van der Waals surface area contributed by atoms with Crippen LogP contribution in [-0.2, 0) is 0 Å². The normalized spacial score (nSPS) is 34.9. The maximum absolute atomic E-state index is 5.35. The smallest absolute Gasteiger partial charge is 0.119 e. The fraction of sp³-hybridized carbons (Fsp3) is 0.684. The van der Waals surface area contributed by atoms with E-state index in [4.69, 9.17) is 4.74 Å². The predicted octanol–water partition coefficient (Wildman–Crippen LogP) is 4.56. The van der Waals surface area contributed by atoms with Crippen molar-refractivity contribution in [3.63, 3.8) is 0 Å². The van der Waals surface area contributed by atoms with E-state index in [1.165, 1.54) is 24.8 Å². The van der Waals surface area contributed by atoms with Gasteiger partial charge in [-0.25, -0.2) is 0 Å². The fourth-order valence-electron chi connectivity index (χ4n) is 4.76. The topological polar surface area (TPSA) is 21.3 Å². The molecule has 21 heavy (non-hydrogen) atoms. The standard InChI is InChI=1S/C19H29NO/c1-13(14-7-6-8-16(11-14)21-5)20-17-12-15-9-10-19(17,4)18(15,2)3/h6-8,11,13,15,17,20H,9-10,12H2,1-5H3/t13-,15?,17?,19?/m0/s1. The second-order valence-corrected chi connectivity index (χ2v) is 7.83. The molecular weight excluding hydrogens is 258 g/mol.